The normalized spacial score (nSPS) is 14.5. The van der Waals surface area contributed by atoms with Crippen molar-refractivity contribution < 1.29 is 47.5 Å². The van der Waals surface area contributed by atoms with Crippen molar-refractivity contribution in [1.82, 2.24) is 0 Å². The lowest BCUT2D eigenvalue weighted by Gasteiger charge is -2.20. The fourth-order valence-electron chi connectivity index (χ4n) is 5.25. The molecule has 0 aliphatic rings. The molecule has 0 bridgehead atoms. The molecule has 0 rings (SSSR count). The highest BCUT2D eigenvalue weighted by atomic mass is 31.2. The Labute approximate surface area is 338 Å². The molecule has 320 valence electrons. The Morgan fingerprint density at radius 1 is 0.571 bits per heavy atom. The first kappa shape index (κ1) is 52.9. The zero-order chi connectivity index (χ0) is 41.4. The number of allylic oxidation sites excluding steroid dienone is 12. The van der Waals surface area contributed by atoms with Gasteiger partial charge in [0.25, 0.3) is 0 Å². The molecule has 0 saturated heterocycles. The van der Waals surface area contributed by atoms with Gasteiger partial charge in [0.05, 0.1) is 13.2 Å². The van der Waals surface area contributed by atoms with Gasteiger partial charge in [-0.1, -0.05) is 151 Å². The summed E-state index contributed by atoms with van der Waals surface area (Å²) >= 11 is 0. The van der Waals surface area contributed by atoms with Gasteiger partial charge in [0.1, 0.15) is 12.6 Å². The molecule has 0 aliphatic heterocycles. The molecular weight excluding hydrogens is 733 g/mol. The van der Waals surface area contributed by atoms with Crippen molar-refractivity contribution in [2.45, 2.75) is 167 Å². The van der Waals surface area contributed by atoms with Gasteiger partial charge in [0.15, 0.2) is 6.10 Å². The molecule has 0 aliphatic carbocycles. The number of rotatable bonds is 38. The second-order valence-electron chi connectivity index (χ2n) is 13.8. The minimum absolute atomic E-state index is 0.133. The van der Waals surface area contributed by atoms with Gasteiger partial charge >= 0.3 is 25.7 Å². The molecule has 0 aromatic rings. The molecule has 12 heteroatoms. The van der Waals surface area contributed by atoms with Crippen LogP contribution in [0.15, 0.2) is 72.9 Å². The largest absolute Gasteiger partial charge is 0.480 e. The van der Waals surface area contributed by atoms with Crippen LogP contribution in [0.25, 0.3) is 0 Å². The minimum Gasteiger partial charge on any atom is -0.480 e. The van der Waals surface area contributed by atoms with E-state index in [9.17, 15) is 23.8 Å². The first-order valence-corrected chi connectivity index (χ1v) is 22.5. The van der Waals surface area contributed by atoms with Crippen molar-refractivity contribution in [1.29, 1.82) is 0 Å². The lowest BCUT2D eigenvalue weighted by atomic mass is 10.1. The molecule has 3 atom stereocenters. The Balaban J connectivity index is 4.38. The molecule has 4 N–H and O–H groups in total. The number of carbonyl (C=O) groups is 3. The standard InChI is InChI=1S/C44H74NO10P/c1-3-5-7-9-11-13-15-17-18-19-20-21-22-24-25-27-29-31-33-35-42(46)52-37-40(38-53-56(50,51)54-39-41(45)44(48)49)55-43(47)36-34-32-30-28-26-23-16-14-12-10-8-6-4-2/h5-8,10-14,16-18,40-41H,3-4,9,15,19-39,45H2,1-2H3,(H,48,49)(H,50,51)/b7-5+,8-6+,12-10+,13-11+,16-14+,18-17+/t40?,41-/m1/s1. The SMILES string of the molecule is CC/C=C/C=C/C=C/CCCCCCCC(=O)OC(COC(=O)CCCCCCCCCCC/C=C/C/C=C/C/C=C/CC)COP(=O)(O)OC[C@@H](N)C(=O)O. The molecule has 0 radical (unpaired) electrons. The van der Waals surface area contributed by atoms with Crippen LogP contribution in [0.2, 0.25) is 0 Å². The molecule has 0 heterocycles. The van der Waals surface area contributed by atoms with Gasteiger partial charge in [0.2, 0.25) is 0 Å². The summed E-state index contributed by atoms with van der Waals surface area (Å²) in [4.78, 5) is 45.9. The molecule has 11 nitrogen and oxygen atoms in total. The van der Waals surface area contributed by atoms with Crippen LogP contribution in [-0.2, 0) is 37.5 Å². The van der Waals surface area contributed by atoms with Crippen molar-refractivity contribution in [3.63, 3.8) is 0 Å². The van der Waals surface area contributed by atoms with Gasteiger partial charge in [-0.05, 0) is 64.2 Å². The van der Waals surface area contributed by atoms with Crippen LogP contribution in [0, 0.1) is 0 Å². The topological polar surface area (TPSA) is 172 Å². The van der Waals surface area contributed by atoms with E-state index >= 15 is 0 Å². The molecule has 0 saturated carbocycles. The number of aliphatic carboxylic acids is 1. The van der Waals surface area contributed by atoms with Crippen molar-refractivity contribution in [3.8, 4) is 0 Å². The average molecular weight is 808 g/mol. The van der Waals surface area contributed by atoms with E-state index in [-0.39, 0.29) is 19.4 Å². The Morgan fingerprint density at radius 2 is 1.04 bits per heavy atom. The van der Waals surface area contributed by atoms with Crippen LogP contribution in [-0.4, -0.2) is 59.9 Å². The molecule has 0 spiro atoms. The predicted molar refractivity (Wildman–Crippen MR) is 226 cm³/mol. The van der Waals surface area contributed by atoms with Gasteiger partial charge < -0.3 is 25.2 Å². The number of nitrogens with two attached hydrogens (primary N) is 1. The van der Waals surface area contributed by atoms with E-state index < -0.39 is 51.1 Å². The summed E-state index contributed by atoms with van der Waals surface area (Å²) in [6, 6.07) is -1.53. The highest BCUT2D eigenvalue weighted by molar-refractivity contribution is 7.47. The minimum atomic E-state index is -4.72. The second-order valence-corrected chi connectivity index (χ2v) is 15.2. The van der Waals surface area contributed by atoms with Crippen molar-refractivity contribution in [3.05, 3.63) is 72.9 Å². The molecule has 2 unspecified atom stereocenters. The number of unbranched alkanes of at least 4 members (excludes halogenated alkanes) is 14. The summed E-state index contributed by atoms with van der Waals surface area (Å²) in [6.07, 6.45) is 45.4. The van der Waals surface area contributed by atoms with Gasteiger partial charge in [-0.25, -0.2) is 4.57 Å². The van der Waals surface area contributed by atoms with Crippen molar-refractivity contribution in [2.75, 3.05) is 19.8 Å². The summed E-state index contributed by atoms with van der Waals surface area (Å²) < 4.78 is 32.6. The Bertz CT molecular complexity index is 1230. The molecule has 0 amide bonds. The predicted octanol–water partition coefficient (Wildman–Crippen LogP) is 10.9. The van der Waals surface area contributed by atoms with Crippen LogP contribution in [0.4, 0.5) is 0 Å². The van der Waals surface area contributed by atoms with Crippen LogP contribution in [0.1, 0.15) is 155 Å². The number of ether oxygens (including phenoxy) is 2. The number of hydrogen-bond donors (Lipinski definition) is 3. The molecule has 0 aromatic heterocycles. The smallest absolute Gasteiger partial charge is 0.472 e. The number of carboxylic acids is 1. The first-order chi connectivity index (χ1) is 27.1. The van der Waals surface area contributed by atoms with Crippen LogP contribution >= 0.6 is 7.82 Å². The maximum atomic E-state index is 12.6. The van der Waals surface area contributed by atoms with E-state index in [1.165, 1.54) is 32.1 Å². The molecule has 56 heavy (non-hydrogen) atoms. The summed E-state index contributed by atoms with van der Waals surface area (Å²) in [5.41, 5.74) is 5.32. The number of phosphoric ester groups is 1. The maximum absolute atomic E-state index is 12.6. The average Bonchev–Trinajstić information content (AvgIpc) is 3.17. The van der Waals surface area contributed by atoms with Crippen molar-refractivity contribution in [2.24, 2.45) is 5.73 Å². The third kappa shape index (κ3) is 37.8. The zero-order valence-electron chi connectivity index (χ0n) is 34.4. The molecule has 0 fully saturated rings. The highest BCUT2D eigenvalue weighted by Gasteiger charge is 2.28. The lowest BCUT2D eigenvalue weighted by molar-refractivity contribution is -0.161. The second kappa shape index (κ2) is 38.8. The van der Waals surface area contributed by atoms with Crippen LogP contribution in [0.3, 0.4) is 0 Å². The third-order valence-electron chi connectivity index (χ3n) is 8.51. The lowest BCUT2D eigenvalue weighted by Crippen LogP contribution is -2.34. The van der Waals surface area contributed by atoms with E-state index in [2.05, 4.69) is 67.0 Å². The zero-order valence-corrected chi connectivity index (χ0v) is 35.3. The number of phosphoric acid groups is 1. The van der Waals surface area contributed by atoms with E-state index in [0.717, 1.165) is 83.5 Å². The monoisotopic (exact) mass is 808 g/mol. The van der Waals surface area contributed by atoms with Gasteiger partial charge in [-0.2, -0.15) is 0 Å². The third-order valence-corrected chi connectivity index (χ3v) is 9.46. The van der Waals surface area contributed by atoms with E-state index in [4.69, 9.17) is 24.8 Å². The number of carboxylic acid groups (broad SMARTS) is 1. The summed E-state index contributed by atoms with van der Waals surface area (Å²) in [5, 5.41) is 8.88. The summed E-state index contributed by atoms with van der Waals surface area (Å²) in [7, 11) is -4.72. The summed E-state index contributed by atoms with van der Waals surface area (Å²) in [6.45, 7) is 2.51. The first-order valence-electron chi connectivity index (χ1n) is 21.0. The van der Waals surface area contributed by atoms with Crippen LogP contribution < -0.4 is 5.73 Å². The Kier molecular flexibility index (Phi) is 36.6. The van der Waals surface area contributed by atoms with Crippen LogP contribution in [0.5, 0.6) is 0 Å². The molecular formula is C44H74NO10P. The van der Waals surface area contributed by atoms with Crippen molar-refractivity contribution >= 4 is 25.7 Å². The highest BCUT2D eigenvalue weighted by Crippen LogP contribution is 2.43. The molecule has 0 aromatic carbocycles. The maximum Gasteiger partial charge on any atom is 0.472 e. The number of hydrogen-bond acceptors (Lipinski definition) is 9. The number of carbonyl (C=O) groups excluding carboxylic acids is 2. The van der Waals surface area contributed by atoms with Gasteiger partial charge in [-0.15, -0.1) is 0 Å². The fraction of sp³-hybridized carbons (Fsp3) is 0.659. The van der Waals surface area contributed by atoms with Gasteiger partial charge in [0, 0.05) is 12.8 Å². The quantitative estimate of drug-likeness (QED) is 0.0178. The Morgan fingerprint density at radius 3 is 1.61 bits per heavy atom. The van der Waals surface area contributed by atoms with E-state index in [1.54, 1.807) is 0 Å². The Hall–Kier alpha value is -3.08. The summed E-state index contributed by atoms with van der Waals surface area (Å²) in [5.74, 6) is -2.42. The number of esters is 2. The van der Waals surface area contributed by atoms with E-state index in [1.807, 2.05) is 24.3 Å². The van der Waals surface area contributed by atoms with E-state index in [0.29, 0.717) is 12.8 Å². The fourth-order valence-corrected chi connectivity index (χ4v) is 6.03. The van der Waals surface area contributed by atoms with Gasteiger partial charge in [-0.3, -0.25) is 23.4 Å².